The SMILES string of the molecule is O=c1[nH]c2cnc(Cl)nc2n1N1CC2CCCC2C1. The molecule has 1 aliphatic heterocycles. The second-order valence-electron chi connectivity index (χ2n) is 5.44. The molecule has 19 heavy (non-hydrogen) atoms. The van der Waals surface area contributed by atoms with Crippen LogP contribution in [0.5, 0.6) is 0 Å². The lowest BCUT2D eigenvalue weighted by Gasteiger charge is -2.19. The van der Waals surface area contributed by atoms with Crippen molar-refractivity contribution in [2.75, 3.05) is 18.1 Å². The van der Waals surface area contributed by atoms with Gasteiger partial charge in [0.15, 0.2) is 5.65 Å². The summed E-state index contributed by atoms with van der Waals surface area (Å²) in [5.41, 5.74) is 1.04. The molecule has 1 saturated carbocycles. The Hall–Kier alpha value is -1.56. The summed E-state index contributed by atoms with van der Waals surface area (Å²) in [6.07, 6.45) is 5.42. The van der Waals surface area contributed by atoms with E-state index in [0.29, 0.717) is 23.0 Å². The van der Waals surface area contributed by atoms with Gasteiger partial charge in [0.05, 0.1) is 6.20 Å². The lowest BCUT2D eigenvalue weighted by atomic mass is 10.0. The van der Waals surface area contributed by atoms with Gasteiger partial charge < -0.3 is 9.99 Å². The van der Waals surface area contributed by atoms with Gasteiger partial charge in [0.1, 0.15) is 5.52 Å². The minimum Gasteiger partial charge on any atom is -0.306 e. The zero-order chi connectivity index (χ0) is 13.0. The summed E-state index contributed by atoms with van der Waals surface area (Å²) < 4.78 is 1.63. The molecule has 0 radical (unpaired) electrons. The van der Waals surface area contributed by atoms with Crippen LogP contribution in [0, 0.1) is 11.8 Å². The van der Waals surface area contributed by atoms with Crippen LogP contribution in [-0.2, 0) is 0 Å². The highest BCUT2D eigenvalue weighted by Gasteiger charge is 2.37. The van der Waals surface area contributed by atoms with Crippen molar-refractivity contribution in [3.8, 4) is 0 Å². The van der Waals surface area contributed by atoms with E-state index in [0.717, 1.165) is 13.1 Å². The molecule has 2 aliphatic rings. The van der Waals surface area contributed by atoms with E-state index in [4.69, 9.17) is 11.6 Å². The van der Waals surface area contributed by atoms with Gasteiger partial charge in [-0.1, -0.05) is 6.42 Å². The van der Waals surface area contributed by atoms with Gasteiger partial charge in [0.25, 0.3) is 0 Å². The number of hydrogen-bond acceptors (Lipinski definition) is 4. The van der Waals surface area contributed by atoms with Crippen molar-refractivity contribution < 1.29 is 0 Å². The Kier molecular flexibility index (Phi) is 2.35. The minimum absolute atomic E-state index is 0.161. The van der Waals surface area contributed by atoms with Gasteiger partial charge >= 0.3 is 5.69 Å². The zero-order valence-corrected chi connectivity index (χ0v) is 11.1. The van der Waals surface area contributed by atoms with Crippen LogP contribution >= 0.6 is 11.6 Å². The fraction of sp³-hybridized carbons (Fsp3) is 0.583. The third kappa shape index (κ3) is 1.66. The number of rotatable bonds is 1. The zero-order valence-electron chi connectivity index (χ0n) is 10.3. The first-order valence-corrected chi connectivity index (χ1v) is 6.98. The topological polar surface area (TPSA) is 66.8 Å². The Morgan fingerprint density at radius 1 is 1.32 bits per heavy atom. The maximum absolute atomic E-state index is 12.1. The Balaban J connectivity index is 1.80. The van der Waals surface area contributed by atoms with E-state index in [9.17, 15) is 4.79 Å². The van der Waals surface area contributed by atoms with Crippen LogP contribution in [0.25, 0.3) is 11.2 Å². The molecule has 0 aromatic carbocycles. The molecule has 1 aliphatic carbocycles. The average Bonchev–Trinajstić information content (AvgIpc) is 2.99. The number of hydrogen-bond donors (Lipinski definition) is 1. The summed E-state index contributed by atoms with van der Waals surface area (Å²) in [7, 11) is 0. The van der Waals surface area contributed by atoms with Crippen LogP contribution in [0.2, 0.25) is 5.28 Å². The van der Waals surface area contributed by atoms with Crippen LogP contribution in [0.1, 0.15) is 19.3 Å². The fourth-order valence-corrected chi connectivity index (χ4v) is 3.63. The van der Waals surface area contributed by atoms with Gasteiger partial charge in [0, 0.05) is 13.1 Å². The molecule has 7 heteroatoms. The molecule has 0 bridgehead atoms. The number of aromatic nitrogens is 4. The number of nitrogens with zero attached hydrogens (tertiary/aromatic N) is 4. The maximum atomic E-state index is 12.1. The first-order valence-electron chi connectivity index (χ1n) is 6.61. The predicted molar refractivity (Wildman–Crippen MR) is 71.9 cm³/mol. The second kappa shape index (κ2) is 3.96. The first kappa shape index (κ1) is 11.3. The molecule has 3 heterocycles. The maximum Gasteiger partial charge on any atom is 0.346 e. The Morgan fingerprint density at radius 2 is 2.05 bits per heavy atom. The Labute approximate surface area is 114 Å². The van der Waals surface area contributed by atoms with Gasteiger partial charge in [-0.3, -0.25) is 0 Å². The number of H-pyrrole nitrogens is 1. The molecule has 1 saturated heterocycles. The summed E-state index contributed by atoms with van der Waals surface area (Å²) >= 11 is 5.83. The van der Waals surface area contributed by atoms with Crippen molar-refractivity contribution in [2.45, 2.75) is 19.3 Å². The third-order valence-electron chi connectivity index (χ3n) is 4.36. The smallest absolute Gasteiger partial charge is 0.306 e. The number of fused-ring (bicyclic) bond motifs is 2. The monoisotopic (exact) mass is 279 g/mol. The number of aromatic amines is 1. The highest BCUT2D eigenvalue weighted by Crippen LogP contribution is 2.37. The lowest BCUT2D eigenvalue weighted by molar-refractivity contribution is 0.494. The van der Waals surface area contributed by atoms with Crippen molar-refractivity contribution in [1.29, 1.82) is 0 Å². The van der Waals surface area contributed by atoms with Crippen molar-refractivity contribution in [1.82, 2.24) is 19.6 Å². The molecular formula is C12H14ClN5O. The van der Waals surface area contributed by atoms with Crippen LogP contribution in [-0.4, -0.2) is 32.7 Å². The summed E-state index contributed by atoms with van der Waals surface area (Å²) in [5.74, 6) is 1.43. The number of halogens is 1. The number of nitrogens with one attached hydrogen (secondary N) is 1. The normalized spacial score (nSPS) is 26.3. The molecule has 100 valence electrons. The van der Waals surface area contributed by atoms with Gasteiger partial charge in [0.2, 0.25) is 5.28 Å². The van der Waals surface area contributed by atoms with Gasteiger partial charge in [-0.05, 0) is 36.3 Å². The van der Waals surface area contributed by atoms with Crippen molar-refractivity contribution >= 4 is 22.8 Å². The summed E-state index contributed by atoms with van der Waals surface area (Å²) in [4.78, 5) is 23.0. The Morgan fingerprint density at radius 3 is 2.79 bits per heavy atom. The van der Waals surface area contributed by atoms with E-state index < -0.39 is 0 Å². The largest absolute Gasteiger partial charge is 0.346 e. The molecule has 1 N–H and O–H groups in total. The predicted octanol–water partition coefficient (Wildman–Crippen LogP) is 1.14. The van der Waals surface area contributed by atoms with Gasteiger partial charge in [-0.2, -0.15) is 9.66 Å². The molecule has 2 aromatic heterocycles. The molecule has 6 nitrogen and oxygen atoms in total. The van der Waals surface area contributed by atoms with Gasteiger partial charge in [-0.15, -0.1) is 0 Å². The van der Waals surface area contributed by atoms with E-state index in [-0.39, 0.29) is 11.0 Å². The standard InChI is InChI=1S/C12H14ClN5O/c13-11-14-4-9-10(16-11)18(12(19)15-9)17-5-7-2-1-3-8(7)6-17/h4,7-8H,1-3,5-6H2,(H,15,19). The van der Waals surface area contributed by atoms with E-state index in [1.165, 1.54) is 19.3 Å². The summed E-state index contributed by atoms with van der Waals surface area (Å²) in [5, 5.41) is 2.26. The number of imidazole rings is 1. The van der Waals surface area contributed by atoms with Gasteiger partial charge in [-0.25, -0.2) is 9.78 Å². The average molecular weight is 280 g/mol. The molecule has 4 rings (SSSR count). The minimum atomic E-state index is -0.161. The van der Waals surface area contributed by atoms with Crippen molar-refractivity contribution in [3.63, 3.8) is 0 Å². The molecule has 2 fully saturated rings. The quantitative estimate of drug-likeness (QED) is 0.795. The highest BCUT2D eigenvalue weighted by molar-refractivity contribution is 6.28. The molecule has 2 atom stereocenters. The van der Waals surface area contributed by atoms with Crippen LogP contribution < -0.4 is 10.7 Å². The fourth-order valence-electron chi connectivity index (χ4n) is 3.50. The van der Waals surface area contributed by atoms with E-state index in [2.05, 4.69) is 20.0 Å². The van der Waals surface area contributed by atoms with E-state index in [1.807, 2.05) is 0 Å². The molecule has 0 amide bonds. The van der Waals surface area contributed by atoms with E-state index >= 15 is 0 Å². The third-order valence-corrected chi connectivity index (χ3v) is 4.55. The van der Waals surface area contributed by atoms with Crippen LogP contribution in [0.15, 0.2) is 11.0 Å². The first-order chi connectivity index (χ1) is 9.22. The van der Waals surface area contributed by atoms with E-state index in [1.54, 1.807) is 10.9 Å². The lowest BCUT2D eigenvalue weighted by Crippen LogP contribution is -2.40. The molecule has 2 aromatic rings. The Bertz CT molecular complexity index is 681. The summed E-state index contributed by atoms with van der Waals surface area (Å²) in [6.45, 7) is 1.86. The summed E-state index contributed by atoms with van der Waals surface area (Å²) in [6, 6.07) is 0. The molecule has 0 spiro atoms. The van der Waals surface area contributed by atoms with Crippen LogP contribution in [0.3, 0.4) is 0 Å². The van der Waals surface area contributed by atoms with Crippen LogP contribution in [0.4, 0.5) is 0 Å². The van der Waals surface area contributed by atoms with Crippen molar-refractivity contribution in [3.05, 3.63) is 22.0 Å². The highest BCUT2D eigenvalue weighted by atomic mass is 35.5. The molecular weight excluding hydrogens is 266 g/mol. The second-order valence-corrected chi connectivity index (χ2v) is 5.78. The van der Waals surface area contributed by atoms with Crippen molar-refractivity contribution in [2.24, 2.45) is 11.8 Å². The molecule has 2 unspecified atom stereocenters.